The van der Waals surface area contributed by atoms with Crippen LogP contribution >= 0.6 is 0 Å². The lowest BCUT2D eigenvalue weighted by Crippen LogP contribution is -2.27. The zero-order valence-electron chi connectivity index (χ0n) is 12.0. The van der Waals surface area contributed by atoms with E-state index >= 15 is 0 Å². The minimum atomic E-state index is -0.290. The van der Waals surface area contributed by atoms with Crippen molar-refractivity contribution in [2.45, 2.75) is 19.4 Å². The fraction of sp³-hybridized carbons (Fsp3) is 0.357. The van der Waals surface area contributed by atoms with Crippen molar-refractivity contribution < 1.29 is 9.53 Å². The molecule has 110 valence electrons. The van der Waals surface area contributed by atoms with Crippen molar-refractivity contribution in [1.29, 1.82) is 0 Å². The molecule has 1 unspecified atom stereocenters. The number of nitrogens with one attached hydrogen (secondary N) is 2. The fourth-order valence-electron chi connectivity index (χ4n) is 2.27. The lowest BCUT2D eigenvalue weighted by atomic mass is 10.1. The summed E-state index contributed by atoms with van der Waals surface area (Å²) >= 11 is 0. The van der Waals surface area contributed by atoms with Gasteiger partial charge in [0.1, 0.15) is 18.1 Å². The number of fused-ring (bicyclic) bond motifs is 1. The highest BCUT2D eigenvalue weighted by Gasteiger charge is 2.30. The second kappa shape index (κ2) is 5.53. The Hall–Kier alpha value is -2.41. The number of nitrogens with zero attached hydrogens (tertiary/aromatic N) is 3. The molecule has 7 heteroatoms. The fourth-order valence-corrected chi connectivity index (χ4v) is 2.27. The van der Waals surface area contributed by atoms with Crippen LogP contribution in [-0.2, 0) is 11.8 Å². The second-order valence-electron chi connectivity index (χ2n) is 4.93. The Morgan fingerprint density at radius 2 is 2.33 bits per heavy atom. The van der Waals surface area contributed by atoms with E-state index < -0.39 is 0 Å². The van der Waals surface area contributed by atoms with Gasteiger partial charge in [0, 0.05) is 24.4 Å². The number of aryl methyl sites for hydroxylation is 1. The van der Waals surface area contributed by atoms with E-state index in [1.807, 2.05) is 12.1 Å². The van der Waals surface area contributed by atoms with Crippen molar-refractivity contribution >= 4 is 11.6 Å². The van der Waals surface area contributed by atoms with Crippen LogP contribution in [-0.4, -0.2) is 27.2 Å². The van der Waals surface area contributed by atoms with Gasteiger partial charge in [-0.25, -0.2) is 0 Å². The summed E-state index contributed by atoms with van der Waals surface area (Å²) in [5.74, 6) is 0.558. The smallest absolute Gasteiger partial charge is 0.340 e. The summed E-state index contributed by atoms with van der Waals surface area (Å²) < 4.78 is 7.13. The number of hydrogen-bond donors (Lipinski definition) is 2. The van der Waals surface area contributed by atoms with Gasteiger partial charge in [-0.1, -0.05) is 13.0 Å². The second-order valence-corrected chi connectivity index (χ2v) is 4.93. The highest BCUT2D eigenvalue weighted by atomic mass is 16.5. The zero-order valence-corrected chi connectivity index (χ0v) is 12.0. The van der Waals surface area contributed by atoms with Gasteiger partial charge in [0.2, 0.25) is 5.91 Å². The van der Waals surface area contributed by atoms with E-state index in [1.165, 1.54) is 0 Å². The molecule has 0 saturated heterocycles. The van der Waals surface area contributed by atoms with E-state index in [-0.39, 0.29) is 18.0 Å². The van der Waals surface area contributed by atoms with Gasteiger partial charge in [-0.05, 0) is 19.0 Å². The maximum absolute atomic E-state index is 12.0. The topological polar surface area (TPSA) is 81.1 Å². The Morgan fingerprint density at radius 1 is 1.48 bits per heavy atom. The molecule has 1 aromatic carbocycles. The SMILES string of the molecule is CCCNC1C(=O)Nc2cc(Oc3ncn(C)n3)ccc21. The van der Waals surface area contributed by atoms with Gasteiger partial charge in [0.25, 0.3) is 0 Å². The average molecular weight is 287 g/mol. The summed E-state index contributed by atoms with van der Waals surface area (Å²) in [6.07, 6.45) is 2.54. The molecular weight excluding hydrogens is 270 g/mol. The van der Waals surface area contributed by atoms with Gasteiger partial charge in [-0.3, -0.25) is 9.48 Å². The van der Waals surface area contributed by atoms with Gasteiger partial charge < -0.3 is 15.4 Å². The molecule has 0 spiro atoms. The number of benzene rings is 1. The number of hydrogen-bond acceptors (Lipinski definition) is 5. The first-order valence-corrected chi connectivity index (χ1v) is 6.89. The molecule has 1 aliphatic heterocycles. The summed E-state index contributed by atoms with van der Waals surface area (Å²) in [4.78, 5) is 16.0. The first kappa shape index (κ1) is 13.6. The molecule has 0 radical (unpaired) electrons. The minimum Gasteiger partial charge on any atom is -0.423 e. The Kier molecular flexibility index (Phi) is 3.57. The Balaban J connectivity index is 1.79. The lowest BCUT2D eigenvalue weighted by Gasteiger charge is -2.10. The van der Waals surface area contributed by atoms with Crippen LogP contribution in [0.1, 0.15) is 24.9 Å². The number of anilines is 1. The van der Waals surface area contributed by atoms with Crippen LogP contribution in [0.15, 0.2) is 24.5 Å². The number of ether oxygens (including phenoxy) is 1. The Labute approximate surface area is 122 Å². The number of aromatic nitrogens is 3. The number of rotatable bonds is 5. The van der Waals surface area contributed by atoms with Gasteiger partial charge in [-0.15, -0.1) is 5.10 Å². The van der Waals surface area contributed by atoms with Crippen LogP contribution in [0.2, 0.25) is 0 Å². The first-order chi connectivity index (χ1) is 10.2. The van der Waals surface area contributed by atoms with E-state index in [0.29, 0.717) is 5.75 Å². The third kappa shape index (κ3) is 2.73. The van der Waals surface area contributed by atoms with Crippen molar-refractivity contribution in [1.82, 2.24) is 20.1 Å². The molecule has 0 bridgehead atoms. The van der Waals surface area contributed by atoms with Crippen molar-refractivity contribution in [3.05, 3.63) is 30.1 Å². The molecule has 3 rings (SSSR count). The van der Waals surface area contributed by atoms with Crippen LogP contribution in [0.4, 0.5) is 5.69 Å². The number of carbonyl (C=O) groups excluding carboxylic acids is 1. The maximum Gasteiger partial charge on any atom is 0.340 e. The number of amides is 1. The molecule has 1 aliphatic rings. The zero-order chi connectivity index (χ0) is 14.8. The normalized spacial score (nSPS) is 16.7. The molecule has 0 fully saturated rings. The summed E-state index contributed by atoms with van der Waals surface area (Å²) in [7, 11) is 1.77. The molecule has 1 atom stereocenters. The molecule has 7 nitrogen and oxygen atoms in total. The highest BCUT2D eigenvalue weighted by Crippen LogP contribution is 2.34. The van der Waals surface area contributed by atoms with Gasteiger partial charge in [0.05, 0.1) is 0 Å². The molecule has 0 aliphatic carbocycles. The quantitative estimate of drug-likeness (QED) is 0.873. The number of carbonyl (C=O) groups is 1. The summed E-state index contributed by atoms with van der Waals surface area (Å²) in [5, 5.41) is 10.1. The molecule has 2 aromatic rings. The van der Waals surface area contributed by atoms with E-state index in [2.05, 4.69) is 27.6 Å². The monoisotopic (exact) mass is 287 g/mol. The van der Waals surface area contributed by atoms with Crippen LogP contribution in [0.5, 0.6) is 11.8 Å². The summed E-state index contributed by atoms with van der Waals surface area (Å²) in [5.41, 5.74) is 1.71. The average Bonchev–Trinajstić information content (AvgIpc) is 2.99. The van der Waals surface area contributed by atoms with Crippen molar-refractivity contribution in [3.8, 4) is 11.8 Å². The van der Waals surface area contributed by atoms with E-state index in [0.717, 1.165) is 24.2 Å². The Morgan fingerprint density at radius 3 is 3.05 bits per heavy atom. The first-order valence-electron chi connectivity index (χ1n) is 6.89. The molecular formula is C14H17N5O2. The van der Waals surface area contributed by atoms with Crippen LogP contribution in [0.3, 0.4) is 0 Å². The van der Waals surface area contributed by atoms with E-state index in [9.17, 15) is 4.79 Å². The van der Waals surface area contributed by atoms with Crippen LogP contribution < -0.4 is 15.4 Å². The van der Waals surface area contributed by atoms with E-state index in [1.54, 1.807) is 24.1 Å². The highest BCUT2D eigenvalue weighted by molar-refractivity contribution is 6.02. The summed E-state index contributed by atoms with van der Waals surface area (Å²) in [6, 6.07) is 5.48. The van der Waals surface area contributed by atoms with Crippen molar-refractivity contribution in [3.63, 3.8) is 0 Å². The van der Waals surface area contributed by atoms with Crippen molar-refractivity contribution in [2.75, 3.05) is 11.9 Å². The maximum atomic E-state index is 12.0. The third-order valence-corrected chi connectivity index (χ3v) is 3.24. The predicted molar refractivity (Wildman–Crippen MR) is 77.2 cm³/mol. The molecule has 2 heterocycles. The Bertz CT molecular complexity index is 667. The molecule has 1 aromatic heterocycles. The standard InChI is InChI=1S/C14H17N5O2/c1-3-6-15-12-10-5-4-9(7-11(10)17-13(12)20)21-14-16-8-19(2)18-14/h4-5,7-8,12,15H,3,6H2,1-2H3,(H,17,20). The van der Waals surface area contributed by atoms with Crippen LogP contribution in [0.25, 0.3) is 0 Å². The van der Waals surface area contributed by atoms with Crippen molar-refractivity contribution in [2.24, 2.45) is 7.05 Å². The summed E-state index contributed by atoms with van der Waals surface area (Å²) in [6.45, 7) is 2.87. The van der Waals surface area contributed by atoms with E-state index in [4.69, 9.17) is 4.74 Å². The molecule has 1 amide bonds. The van der Waals surface area contributed by atoms with Gasteiger partial charge in [-0.2, -0.15) is 4.98 Å². The molecule has 2 N–H and O–H groups in total. The van der Waals surface area contributed by atoms with Gasteiger partial charge in [0.15, 0.2) is 0 Å². The predicted octanol–water partition coefficient (Wildman–Crippen LogP) is 1.60. The van der Waals surface area contributed by atoms with Crippen LogP contribution in [0, 0.1) is 0 Å². The molecule has 21 heavy (non-hydrogen) atoms. The lowest BCUT2D eigenvalue weighted by molar-refractivity contribution is -0.117. The largest absolute Gasteiger partial charge is 0.423 e. The molecule has 0 saturated carbocycles. The minimum absolute atomic E-state index is 0.0356. The van der Waals surface area contributed by atoms with Gasteiger partial charge >= 0.3 is 6.01 Å². The third-order valence-electron chi connectivity index (χ3n) is 3.24.